The maximum atomic E-state index is 12.2. The standard InChI is InChI=1S/C17H23N5O/c1-21-13-14(12-19-21)7-8-16(23)20-15-6-5-9-18-17(15)22-10-3-2-4-11-22/h5-6,9,12-13H,2-4,7-8,10-11H2,1H3,(H,20,23). The molecule has 1 saturated heterocycles. The van der Waals surface area contributed by atoms with Crippen LogP contribution in [0.2, 0.25) is 0 Å². The Morgan fingerprint density at radius 3 is 2.87 bits per heavy atom. The first-order valence-electron chi connectivity index (χ1n) is 8.20. The molecule has 0 unspecified atom stereocenters. The van der Waals surface area contributed by atoms with Crippen molar-refractivity contribution in [3.63, 3.8) is 0 Å². The number of nitrogens with zero attached hydrogens (tertiary/aromatic N) is 4. The van der Waals surface area contributed by atoms with Crippen molar-refractivity contribution >= 4 is 17.4 Å². The smallest absolute Gasteiger partial charge is 0.224 e. The van der Waals surface area contributed by atoms with Crippen LogP contribution in [-0.2, 0) is 18.3 Å². The van der Waals surface area contributed by atoms with Crippen LogP contribution in [0.5, 0.6) is 0 Å². The van der Waals surface area contributed by atoms with Crippen LogP contribution in [0, 0.1) is 0 Å². The van der Waals surface area contributed by atoms with Crippen LogP contribution >= 0.6 is 0 Å². The summed E-state index contributed by atoms with van der Waals surface area (Å²) in [6.45, 7) is 2.02. The van der Waals surface area contributed by atoms with Crippen molar-refractivity contribution in [2.45, 2.75) is 32.1 Å². The van der Waals surface area contributed by atoms with E-state index in [1.54, 1.807) is 17.1 Å². The Bertz CT molecular complexity index is 661. The maximum absolute atomic E-state index is 12.2. The van der Waals surface area contributed by atoms with E-state index in [0.717, 1.165) is 30.2 Å². The van der Waals surface area contributed by atoms with Gasteiger partial charge in [-0.25, -0.2) is 4.98 Å². The number of amides is 1. The van der Waals surface area contributed by atoms with Crippen molar-refractivity contribution in [1.29, 1.82) is 0 Å². The number of piperidine rings is 1. The van der Waals surface area contributed by atoms with Crippen molar-refractivity contribution in [2.24, 2.45) is 7.05 Å². The number of aromatic nitrogens is 3. The minimum Gasteiger partial charge on any atom is -0.355 e. The molecule has 1 aliphatic rings. The average molecular weight is 313 g/mol. The van der Waals surface area contributed by atoms with E-state index < -0.39 is 0 Å². The highest BCUT2D eigenvalue weighted by Crippen LogP contribution is 2.25. The second-order valence-electron chi connectivity index (χ2n) is 5.99. The minimum absolute atomic E-state index is 0.0140. The van der Waals surface area contributed by atoms with Crippen LogP contribution in [0.3, 0.4) is 0 Å². The van der Waals surface area contributed by atoms with Gasteiger partial charge in [-0.05, 0) is 43.4 Å². The predicted molar refractivity (Wildman–Crippen MR) is 90.5 cm³/mol. The molecule has 0 radical (unpaired) electrons. The summed E-state index contributed by atoms with van der Waals surface area (Å²) < 4.78 is 1.75. The summed E-state index contributed by atoms with van der Waals surface area (Å²) in [6, 6.07) is 3.79. The highest BCUT2D eigenvalue weighted by Gasteiger charge is 2.16. The lowest BCUT2D eigenvalue weighted by Crippen LogP contribution is -2.31. The Morgan fingerprint density at radius 1 is 1.30 bits per heavy atom. The Hall–Kier alpha value is -2.37. The SMILES string of the molecule is Cn1cc(CCC(=O)Nc2cccnc2N2CCCCC2)cn1. The van der Waals surface area contributed by atoms with Gasteiger partial charge in [-0.15, -0.1) is 0 Å². The Kier molecular flexibility index (Phi) is 4.90. The van der Waals surface area contributed by atoms with Crippen molar-refractivity contribution in [2.75, 3.05) is 23.3 Å². The first kappa shape index (κ1) is 15.5. The number of rotatable bonds is 5. The molecule has 1 amide bonds. The zero-order valence-corrected chi connectivity index (χ0v) is 13.5. The molecule has 2 aromatic heterocycles. The molecule has 0 bridgehead atoms. The Labute approximate surface area is 136 Å². The fourth-order valence-electron chi connectivity index (χ4n) is 2.92. The van der Waals surface area contributed by atoms with E-state index in [0.29, 0.717) is 12.8 Å². The summed E-state index contributed by atoms with van der Waals surface area (Å²) in [5, 5.41) is 7.14. The summed E-state index contributed by atoms with van der Waals surface area (Å²) in [4.78, 5) is 19.0. The molecule has 1 aliphatic heterocycles. The lowest BCUT2D eigenvalue weighted by Gasteiger charge is -2.29. The van der Waals surface area contributed by atoms with E-state index in [4.69, 9.17) is 0 Å². The van der Waals surface area contributed by atoms with Gasteiger partial charge in [0.25, 0.3) is 0 Å². The van der Waals surface area contributed by atoms with Crippen LogP contribution in [0.1, 0.15) is 31.2 Å². The van der Waals surface area contributed by atoms with Gasteiger partial charge in [0, 0.05) is 39.0 Å². The van der Waals surface area contributed by atoms with E-state index in [9.17, 15) is 4.79 Å². The highest BCUT2D eigenvalue weighted by molar-refractivity contribution is 5.93. The summed E-state index contributed by atoms with van der Waals surface area (Å²) in [5.74, 6) is 0.905. The summed E-state index contributed by atoms with van der Waals surface area (Å²) in [5.41, 5.74) is 1.88. The first-order valence-corrected chi connectivity index (χ1v) is 8.20. The van der Waals surface area contributed by atoms with Crippen LogP contribution < -0.4 is 10.2 Å². The molecular weight excluding hydrogens is 290 g/mol. The van der Waals surface area contributed by atoms with Gasteiger partial charge in [0.05, 0.1) is 11.9 Å². The van der Waals surface area contributed by atoms with Crippen molar-refractivity contribution < 1.29 is 4.79 Å². The third-order valence-electron chi connectivity index (χ3n) is 4.12. The molecule has 2 aromatic rings. The number of pyridine rings is 1. The van der Waals surface area contributed by atoms with E-state index in [-0.39, 0.29) is 5.91 Å². The van der Waals surface area contributed by atoms with Crippen LogP contribution in [0.25, 0.3) is 0 Å². The number of carbonyl (C=O) groups excluding carboxylic acids is 1. The molecule has 1 N–H and O–H groups in total. The van der Waals surface area contributed by atoms with Gasteiger partial charge in [-0.3, -0.25) is 9.48 Å². The van der Waals surface area contributed by atoms with E-state index >= 15 is 0 Å². The van der Waals surface area contributed by atoms with Gasteiger partial charge in [0.1, 0.15) is 0 Å². The molecule has 0 atom stereocenters. The zero-order chi connectivity index (χ0) is 16.1. The quantitative estimate of drug-likeness (QED) is 0.920. The lowest BCUT2D eigenvalue weighted by atomic mass is 10.1. The number of aryl methyl sites for hydroxylation is 2. The summed E-state index contributed by atoms with van der Waals surface area (Å²) in [6.07, 6.45) is 10.3. The predicted octanol–water partition coefficient (Wildman–Crippen LogP) is 2.38. The van der Waals surface area contributed by atoms with Gasteiger partial charge in [0.15, 0.2) is 5.82 Å². The van der Waals surface area contributed by atoms with Crippen LogP contribution in [0.15, 0.2) is 30.7 Å². The first-order chi connectivity index (χ1) is 11.2. The topological polar surface area (TPSA) is 63.1 Å². The Balaban J connectivity index is 1.61. The Morgan fingerprint density at radius 2 is 2.13 bits per heavy atom. The molecule has 1 fully saturated rings. The number of hydrogen-bond acceptors (Lipinski definition) is 4. The van der Waals surface area contributed by atoms with Crippen LogP contribution in [0.4, 0.5) is 11.5 Å². The second kappa shape index (κ2) is 7.26. The molecule has 3 rings (SSSR count). The molecular formula is C17H23N5O. The normalized spacial score (nSPS) is 14.7. The third-order valence-corrected chi connectivity index (χ3v) is 4.12. The van der Waals surface area contributed by atoms with Gasteiger partial charge < -0.3 is 10.2 Å². The maximum Gasteiger partial charge on any atom is 0.224 e. The van der Waals surface area contributed by atoms with Gasteiger partial charge in [-0.2, -0.15) is 5.10 Å². The van der Waals surface area contributed by atoms with Gasteiger partial charge in [0.2, 0.25) is 5.91 Å². The highest BCUT2D eigenvalue weighted by atomic mass is 16.1. The van der Waals surface area contributed by atoms with Crippen molar-refractivity contribution in [1.82, 2.24) is 14.8 Å². The molecule has 3 heterocycles. The third kappa shape index (κ3) is 4.09. The molecule has 122 valence electrons. The summed E-state index contributed by atoms with van der Waals surface area (Å²) in [7, 11) is 1.88. The molecule has 0 aliphatic carbocycles. The fourth-order valence-corrected chi connectivity index (χ4v) is 2.92. The number of nitrogens with one attached hydrogen (secondary N) is 1. The second-order valence-corrected chi connectivity index (χ2v) is 5.99. The van der Waals surface area contributed by atoms with Crippen molar-refractivity contribution in [3.8, 4) is 0 Å². The number of hydrogen-bond donors (Lipinski definition) is 1. The van der Waals surface area contributed by atoms with E-state index in [1.165, 1.54) is 19.3 Å². The largest absolute Gasteiger partial charge is 0.355 e. The van der Waals surface area contributed by atoms with Crippen LogP contribution in [-0.4, -0.2) is 33.8 Å². The molecule has 0 spiro atoms. The molecule has 6 heteroatoms. The lowest BCUT2D eigenvalue weighted by molar-refractivity contribution is -0.116. The van der Waals surface area contributed by atoms with Gasteiger partial charge in [-0.1, -0.05) is 0 Å². The molecule has 23 heavy (non-hydrogen) atoms. The number of anilines is 2. The van der Waals surface area contributed by atoms with Gasteiger partial charge >= 0.3 is 0 Å². The monoisotopic (exact) mass is 313 g/mol. The zero-order valence-electron chi connectivity index (χ0n) is 13.5. The molecule has 6 nitrogen and oxygen atoms in total. The summed E-state index contributed by atoms with van der Waals surface area (Å²) >= 11 is 0. The molecule has 0 aromatic carbocycles. The van der Waals surface area contributed by atoms with E-state index in [2.05, 4.69) is 20.3 Å². The van der Waals surface area contributed by atoms with E-state index in [1.807, 2.05) is 25.4 Å². The minimum atomic E-state index is 0.0140. The van der Waals surface area contributed by atoms with Crippen molar-refractivity contribution in [3.05, 3.63) is 36.3 Å². The molecule has 0 saturated carbocycles. The fraction of sp³-hybridized carbons (Fsp3) is 0.471. The number of carbonyl (C=O) groups is 1. The average Bonchev–Trinajstić information content (AvgIpc) is 3.00.